The molecule has 2 N–H and O–H groups in total. The first kappa shape index (κ1) is 26.3. The minimum atomic E-state index is -0.430. The fraction of sp³-hybridized carbons (Fsp3) is 0.103. The van der Waals surface area contributed by atoms with Gasteiger partial charge in [0.2, 0.25) is 0 Å². The minimum absolute atomic E-state index is 0.297. The van der Waals surface area contributed by atoms with Crippen molar-refractivity contribution in [3.63, 3.8) is 0 Å². The summed E-state index contributed by atoms with van der Waals surface area (Å²) in [5.74, 6) is 0.0505. The van der Waals surface area contributed by atoms with Gasteiger partial charge in [0.15, 0.2) is 0 Å². The van der Waals surface area contributed by atoms with Crippen LogP contribution in [0.15, 0.2) is 99.7 Å². The van der Waals surface area contributed by atoms with Gasteiger partial charge in [-0.3, -0.25) is 14.6 Å². The first-order valence-corrected chi connectivity index (χ1v) is 13.3. The number of nitrogens with one attached hydrogen (secondary N) is 2. The molecule has 0 saturated carbocycles. The summed E-state index contributed by atoms with van der Waals surface area (Å²) in [5.41, 5.74) is 8.06. The second kappa shape index (κ2) is 12.5. The molecule has 0 saturated heterocycles. The smallest absolute Gasteiger partial charge is 0.273 e. The number of aromatic nitrogens is 1. The van der Waals surface area contributed by atoms with Crippen LogP contribution in [0.2, 0.25) is 0 Å². The Bertz CT molecular complexity index is 1440. The number of anilines is 1. The zero-order chi connectivity index (χ0) is 26.2. The van der Waals surface area contributed by atoms with E-state index in [0.717, 1.165) is 27.3 Å². The average Bonchev–Trinajstić information content (AvgIpc) is 2.91. The van der Waals surface area contributed by atoms with E-state index in [2.05, 4.69) is 36.8 Å². The van der Waals surface area contributed by atoms with Crippen LogP contribution in [0.5, 0.6) is 0 Å². The maximum absolute atomic E-state index is 12.9. The van der Waals surface area contributed by atoms with Crippen molar-refractivity contribution < 1.29 is 9.59 Å². The van der Waals surface area contributed by atoms with Crippen LogP contribution in [0.25, 0.3) is 0 Å². The second-order valence-corrected chi connectivity index (χ2v) is 10.3. The lowest BCUT2D eigenvalue weighted by Crippen LogP contribution is -2.21. The van der Waals surface area contributed by atoms with Gasteiger partial charge in [0.25, 0.3) is 11.8 Å². The zero-order valence-electron chi connectivity index (χ0n) is 20.4. The molecule has 0 fully saturated rings. The van der Waals surface area contributed by atoms with Gasteiger partial charge in [-0.1, -0.05) is 46.3 Å². The number of aryl methyl sites for hydroxylation is 2. The first-order valence-electron chi connectivity index (χ1n) is 11.5. The number of carbonyl (C=O) groups excluding carboxylic acids is 2. The Morgan fingerprint density at radius 2 is 1.68 bits per heavy atom. The van der Waals surface area contributed by atoms with Gasteiger partial charge in [0, 0.05) is 33.1 Å². The molecule has 1 aromatic heterocycles. The summed E-state index contributed by atoms with van der Waals surface area (Å²) in [4.78, 5) is 31.0. The molecule has 0 aliphatic carbocycles. The van der Waals surface area contributed by atoms with Crippen LogP contribution in [0.1, 0.15) is 43.0 Å². The molecule has 4 aromatic rings. The summed E-state index contributed by atoms with van der Waals surface area (Å²) in [6, 6.07) is 22.4. The molecule has 0 atom stereocenters. The van der Waals surface area contributed by atoms with Gasteiger partial charge >= 0.3 is 0 Å². The molecule has 186 valence electrons. The van der Waals surface area contributed by atoms with Crippen LogP contribution in [0.3, 0.4) is 0 Å². The Balaban J connectivity index is 1.40. The van der Waals surface area contributed by atoms with Crippen molar-refractivity contribution in [3.8, 4) is 0 Å². The number of thioether (sulfide) groups is 1. The molecule has 8 heteroatoms. The summed E-state index contributed by atoms with van der Waals surface area (Å²) in [6.45, 7) is 4.07. The number of hydrogen-bond acceptors (Lipinski definition) is 5. The highest BCUT2D eigenvalue weighted by Gasteiger charge is 2.15. The third-order valence-corrected chi connectivity index (χ3v) is 7.23. The van der Waals surface area contributed by atoms with Crippen LogP contribution in [-0.2, 0) is 5.75 Å². The lowest BCUT2D eigenvalue weighted by Gasteiger charge is -2.11. The van der Waals surface area contributed by atoms with E-state index in [0.29, 0.717) is 21.3 Å². The molecule has 0 radical (unpaired) electrons. The Morgan fingerprint density at radius 3 is 2.41 bits per heavy atom. The van der Waals surface area contributed by atoms with Crippen LogP contribution >= 0.6 is 27.7 Å². The highest BCUT2D eigenvalue weighted by Crippen LogP contribution is 2.24. The topological polar surface area (TPSA) is 83.5 Å². The van der Waals surface area contributed by atoms with E-state index in [1.165, 1.54) is 5.56 Å². The third kappa shape index (κ3) is 7.38. The van der Waals surface area contributed by atoms with E-state index in [4.69, 9.17) is 0 Å². The number of rotatable bonds is 8. The fourth-order valence-electron chi connectivity index (χ4n) is 3.43. The number of carbonyl (C=O) groups is 2. The lowest BCUT2D eigenvalue weighted by molar-refractivity contribution is 0.0956. The number of amides is 2. The summed E-state index contributed by atoms with van der Waals surface area (Å²) >= 11 is 5.10. The van der Waals surface area contributed by atoms with E-state index in [-0.39, 0.29) is 5.91 Å². The number of benzene rings is 3. The Morgan fingerprint density at radius 1 is 0.919 bits per heavy atom. The maximum atomic E-state index is 12.9. The number of pyridine rings is 1. The van der Waals surface area contributed by atoms with Gasteiger partial charge in [-0.2, -0.15) is 5.10 Å². The summed E-state index contributed by atoms with van der Waals surface area (Å²) < 4.78 is 0.713. The largest absolute Gasteiger partial charge is 0.321 e. The predicted molar refractivity (Wildman–Crippen MR) is 153 cm³/mol. The van der Waals surface area contributed by atoms with E-state index in [1.807, 2.05) is 56.3 Å². The Kier molecular flexibility index (Phi) is 8.87. The second-order valence-electron chi connectivity index (χ2n) is 8.36. The molecule has 0 bridgehead atoms. The van der Waals surface area contributed by atoms with Crippen LogP contribution in [0, 0.1) is 13.8 Å². The fourth-order valence-corrected chi connectivity index (χ4v) is 4.63. The number of hydrogen-bond donors (Lipinski definition) is 2. The Labute approximate surface area is 228 Å². The molecule has 37 heavy (non-hydrogen) atoms. The first-order chi connectivity index (χ1) is 17.9. The van der Waals surface area contributed by atoms with E-state index < -0.39 is 5.91 Å². The SMILES string of the molecule is Cc1ccc(/C=N/NC(=O)c2cc(Br)ccc2NC(=O)c2ccc(CSc3ccncc3)cc2)cc1C. The van der Waals surface area contributed by atoms with Crippen molar-refractivity contribution in [3.05, 3.63) is 123 Å². The van der Waals surface area contributed by atoms with Crippen molar-refractivity contribution in [2.45, 2.75) is 24.5 Å². The van der Waals surface area contributed by atoms with Crippen LogP contribution in [0.4, 0.5) is 5.69 Å². The number of nitrogens with zero attached hydrogens (tertiary/aromatic N) is 2. The van der Waals surface area contributed by atoms with E-state index in [1.54, 1.807) is 60.7 Å². The molecular weight excluding hydrogens is 548 g/mol. The molecule has 1 heterocycles. The molecule has 0 unspecified atom stereocenters. The summed E-state index contributed by atoms with van der Waals surface area (Å²) in [7, 11) is 0. The van der Waals surface area contributed by atoms with Crippen molar-refractivity contribution in [1.82, 2.24) is 10.4 Å². The molecule has 6 nitrogen and oxygen atoms in total. The zero-order valence-corrected chi connectivity index (χ0v) is 22.8. The monoisotopic (exact) mass is 572 g/mol. The van der Waals surface area contributed by atoms with Gasteiger partial charge in [-0.05, 0) is 78.6 Å². The third-order valence-electron chi connectivity index (χ3n) is 5.66. The lowest BCUT2D eigenvalue weighted by atomic mass is 10.1. The highest BCUT2D eigenvalue weighted by atomic mass is 79.9. The number of halogens is 1. The summed E-state index contributed by atoms with van der Waals surface area (Å²) in [5, 5.41) is 6.94. The summed E-state index contributed by atoms with van der Waals surface area (Å²) in [6.07, 6.45) is 5.13. The standard InChI is InChI=1S/C29H25BrN4O2S/c1-19-3-4-22(15-20(19)2)17-32-34-29(36)26-16-24(30)9-10-27(26)33-28(35)23-7-5-21(6-8-23)18-37-25-11-13-31-14-12-25/h3-17H,18H2,1-2H3,(H,33,35)(H,34,36)/b32-17+. The van der Waals surface area contributed by atoms with Crippen molar-refractivity contribution in [1.29, 1.82) is 0 Å². The van der Waals surface area contributed by atoms with Crippen molar-refractivity contribution in [2.75, 3.05) is 5.32 Å². The quantitative estimate of drug-likeness (QED) is 0.139. The van der Waals surface area contributed by atoms with Crippen LogP contribution < -0.4 is 10.7 Å². The van der Waals surface area contributed by atoms with Gasteiger partial charge in [0.1, 0.15) is 0 Å². The molecule has 2 amide bonds. The Hall–Kier alpha value is -3.75. The predicted octanol–water partition coefficient (Wildman–Crippen LogP) is 6.77. The molecule has 0 aliphatic rings. The van der Waals surface area contributed by atoms with E-state index >= 15 is 0 Å². The van der Waals surface area contributed by atoms with Gasteiger partial charge in [-0.15, -0.1) is 11.8 Å². The average molecular weight is 574 g/mol. The van der Waals surface area contributed by atoms with Gasteiger partial charge < -0.3 is 5.32 Å². The molecule has 0 aliphatic heterocycles. The highest BCUT2D eigenvalue weighted by molar-refractivity contribution is 9.10. The number of hydrazone groups is 1. The van der Waals surface area contributed by atoms with Gasteiger partial charge in [0.05, 0.1) is 17.5 Å². The van der Waals surface area contributed by atoms with Gasteiger partial charge in [-0.25, -0.2) is 5.43 Å². The minimum Gasteiger partial charge on any atom is -0.321 e. The maximum Gasteiger partial charge on any atom is 0.273 e. The van der Waals surface area contributed by atoms with Crippen LogP contribution in [-0.4, -0.2) is 23.0 Å². The normalized spacial score (nSPS) is 10.9. The molecule has 3 aromatic carbocycles. The molecule has 0 spiro atoms. The molecular formula is C29H25BrN4O2S. The van der Waals surface area contributed by atoms with Crippen molar-refractivity contribution >= 4 is 51.4 Å². The van der Waals surface area contributed by atoms with E-state index in [9.17, 15) is 9.59 Å². The molecule has 4 rings (SSSR count). The van der Waals surface area contributed by atoms with Crippen molar-refractivity contribution in [2.24, 2.45) is 5.10 Å².